The van der Waals surface area contributed by atoms with E-state index < -0.39 is 0 Å². The van der Waals surface area contributed by atoms with E-state index in [1.165, 1.54) is 0 Å². The molecule has 3 aromatic rings. The lowest BCUT2D eigenvalue weighted by Gasteiger charge is -2.31. The average molecular weight is 365 g/mol. The molecule has 1 aliphatic rings. The van der Waals surface area contributed by atoms with Crippen molar-refractivity contribution in [1.29, 1.82) is 0 Å². The zero-order valence-corrected chi connectivity index (χ0v) is 15.5. The largest absolute Gasteiger partial charge is 0.324 e. The van der Waals surface area contributed by atoms with Gasteiger partial charge in [-0.3, -0.25) is 15.1 Å². The number of aryl methyl sites for hydroxylation is 2. The van der Waals surface area contributed by atoms with Gasteiger partial charge in [0.1, 0.15) is 11.6 Å². The van der Waals surface area contributed by atoms with Crippen LogP contribution in [0.2, 0.25) is 0 Å². The van der Waals surface area contributed by atoms with Crippen LogP contribution in [0.25, 0.3) is 11.1 Å². The van der Waals surface area contributed by atoms with Crippen LogP contribution in [0, 0.1) is 6.92 Å². The molecule has 0 bridgehead atoms. The number of likely N-dealkylation sites (tertiary alicyclic amines) is 1. The van der Waals surface area contributed by atoms with E-state index in [2.05, 4.69) is 25.6 Å². The van der Waals surface area contributed by atoms with E-state index in [1.807, 2.05) is 49.2 Å². The lowest BCUT2D eigenvalue weighted by molar-refractivity contribution is 0.191. The molecule has 2 aromatic heterocycles. The van der Waals surface area contributed by atoms with Crippen molar-refractivity contribution < 1.29 is 4.79 Å². The van der Waals surface area contributed by atoms with E-state index in [1.54, 1.807) is 10.9 Å². The molecule has 2 amide bonds. The molecule has 0 radical (unpaired) electrons. The van der Waals surface area contributed by atoms with E-state index in [0.717, 1.165) is 42.2 Å². The summed E-state index contributed by atoms with van der Waals surface area (Å²) in [7, 11) is 1.83. The van der Waals surface area contributed by atoms with Crippen molar-refractivity contribution >= 4 is 11.8 Å². The summed E-state index contributed by atoms with van der Waals surface area (Å²) < 4.78 is 1.69. The van der Waals surface area contributed by atoms with Crippen molar-refractivity contribution in [2.45, 2.75) is 25.7 Å². The van der Waals surface area contributed by atoms with Gasteiger partial charge in [0.25, 0.3) is 0 Å². The van der Waals surface area contributed by atoms with Gasteiger partial charge in [-0.25, -0.2) is 9.78 Å². The van der Waals surface area contributed by atoms with Gasteiger partial charge in [-0.05, 0) is 25.3 Å². The first-order chi connectivity index (χ1) is 13.1. The van der Waals surface area contributed by atoms with Gasteiger partial charge in [-0.15, -0.1) is 0 Å². The highest BCUT2D eigenvalue weighted by Crippen LogP contribution is 2.29. The molecule has 0 saturated carbocycles. The quantitative estimate of drug-likeness (QED) is 0.746. The molecule has 27 heavy (non-hydrogen) atoms. The summed E-state index contributed by atoms with van der Waals surface area (Å²) in [5, 5.41) is 14.5. The van der Waals surface area contributed by atoms with Gasteiger partial charge in [-0.2, -0.15) is 10.2 Å². The van der Waals surface area contributed by atoms with Crippen molar-refractivity contribution in [2.24, 2.45) is 7.05 Å². The Morgan fingerprint density at radius 3 is 2.85 bits per heavy atom. The molecule has 0 aliphatic carbocycles. The van der Waals surface area contributed by atoms with Gasteiger partial charge in [0.2, 0.25) is 0 Å². The number of hydrogen-bond acceptors (Lipinski definition) is 4. The average Bonchev–Trinajstić information content (AvgIpc) is 3.29. The molecule has 1 aromatic carbocycles. The van der Waals surface area contributed by atoms with Crippen molar-refractivity contribution in [3.05, 3.63) is 48.2 Å². The molecule has 1 fully saturated rings. The molecule has 0 spiro atoms. The number of carbonyl (C=O) groups is 1. The highest BCUT2D eigenvalue weighted by Gasteiger charge is 2.28. The van der Waals surface area contributed by atoms with Crippen molar-refractivity contribution in [2.75, 3.05) is 18.4 Å². The number of carbonyl (C=O) groups excluding carboxylic acids is 1. The van der Waals surface area contributed by atoms with E-state index in [-0.39, 0.29) is 11.9 Å². The minimum absolute atomic E-state index is 0.118. The first-order valence-corrected chi connectivity index (χ1v) is 9.14. The molecule has 2 N–H and O–H groups in total. The number of aromatic nitrogens is 5. The maximum Gasteiger partial charge on any atom is 0.323 e. The van der Waals surface area contributed by atoms with E-state index in [9.17, 15) is 4.79 Å². The Bertz CT molecular complexity index is 931. The molecule has 8 heteroatoms. The minimum atomic E-state index is -0.118. The Morgan fingerprint density at radius 2 is 2.11 bits per heavy atom. The number of nitrogens with one attached hydrogen (secondary N) is 2. The lowest BCUT2D eigenvalue weighted by Crippen LogP contribution is -2.42. The summed E-state index contributed by atoms with van der Waals surface area (Å²) in [6, 6.07) is 9.82. The highest BCUT2D eigenvalue weighted by molar-refractivity contribution is 5.93. The number of rotatable bonds is 3. The van der Waals surface area contributed by atoms with Crippen LogP contribution in [0.4, 0.5) is 10.6 Å². The monoisotopic (exact) mass is 365 g/mol. The smallest absolute Gasteiger partial charge is 0.323 e. The fraction of sp³-hybridized carbons (Fsp3) is 0.368. The molecular formula is C19H23N7O. The number of H-pyrrole nitrogens is 1. The number of anilines is 1. The third kappa shape index (κ3) is 3.55. The van der Waals surface area contributed by atoms with Crippen molar-refractivity contribution in [1.82, 2.24) is 29.9 Å². The number of piperidine rings is 1. The van der Waals surface area contributed by atoms with Crippen molar-refractivity contribution in [3.63, 3.8) is 0 Å². The third-order valence-corrected chi connectivity index (χ3v) is 4.94. The predicted molar refractivity (Wildman–Crippen MR) is 102 cm³/mol. The Balaban J connectivity index is 1.50. The van der Waals surface area contributed by atoms with Crippen LogP contribution in [0.15, 0.2) is 36.5 Å². The minimum Gasteiger partial charge on any atom is -0.324 e. The molecule has 1 atom stereocenters. The Kier molecular flexibility index (Phi) is 4.62. The number of aromatic amines is 1. The second-order valence-corrected chi connectivity index (χ2v) is 6.89. The number of amides is 2. The van der Waals surface area contributed by atoms with Crippen molar-refractivity contribution in [3.8, 4) is 11.1 Å². The number of nitrogens with zero attached hydrogens (tertiary/aromatic N) is 5. The predicted octanol–water partition coefficient (Wildman–Crippen LogP) is 2.93. The van der Waals surface area contributed by atoms with E-state index >= 15 is 0 Å². The van der Waals surface area contributed by atoms with E-state index in [4.69, 9.17) is 0 Å². The van der Waals surface area contributed by atoms with Crippen LogP contribution in [0.5, 0.6) is 0 Å². The third-order valence-electron chi connectivity index (χ3n) is 4.94. The first kappa shape index (κ1) is 17.3. The molecule has 0 unspecified atom stereocenters. The normalized spacial score (nSPS) is 17.1. The second kappa shape index (κ2) is 7.22. The summed E-state index contributed by atoms with van der Waals surface area (Å²) >= 11 is 0. The second-order valence-electron chi connectivity index (χ2n) is 6.89. The van der Waals surface area contributed by atoms with Gasteiger partial charge < -0.3 is 4.90 Å². The summed E-state index contributed by atoms with van der Waals surface area (Å²) in [4.78, 5) is 19.2. The van der Waals surface area contributed by atoms with Crippen LogP contribution in [0.3, 0.4) is 0 Å². The topological polar surface area (TPSA) is 91.7 Å². The van der Waals surface area contributed by atoms with Gasteiger partial charge in [0.15, 0.2) is 5.82 Å². The van der Waals surface area contributed by atoms with Gasteiger partial charge in [-0.1, -0.05) is 30.3 Å². The maximum absolute atomic E-state index is 12.9. The van der Waals surface area contributed by atoms with Crippen LogP contribution in [0.1, 0.15) is 30.4 Å². The van der Waals surface area contributed by atoms with Crippen LogP contribution in [-0.2, 0) is 7.05 Å². The molecule has 1 saturated heterocycles. The van der Waals surface area contributed by atoms with Crippen LogP contribution in [-0.4, -0.2) is 49.0 Å². The number of urea groups is 1. The van der Waals surface area contributed by atoms with Crippen LogP contribution >= 0.6 is 0 Å². The number of hydrogen-bond donors (Lipinski definition) is 2. The van der Waals surface area contributed by atoms with Gasteiger partial charge in [0, 0.05) is 31.6 Å². The number of benzene rings is 1. The fourth-order valence-electron chi connectivity index (χ4n) is 3.51. The zero-order valence-electron chi connectivity index (χ0n) is 15.5. The Morgan fingerprint density at radius 1 is 1.30 bits per heavy atom. The highest BCUT2D eigenvalue weighted by atomic mass is 16.2. The van der Waals surface area contributed by atoms with Crippen LogP contribution < -0.4 is 5.32 Å². The molecular weight excluding hydrogens is 342 g/mol. The fourth-order valence-corrected chi connectivity index (χ4v) is 3.51. The van der Waals surface area contributed by atoms with E-state index in [0.29, 0.717) is 12.4 Å². The summed E-state index contributed by atoms with van der Waals surface area (Å²) in [6.07, 6.45) is 3.70. The van der Waals surface area contributed by atoms with Gasteiger partial charge in [0.05, 0.1) is 6.20 Å². The molecule has 140 valence electrons. The summed E-state index contributed by atoms with van der Waals surface area (Å²) in [5.41, 5.74) is 1.93. The SMILES string of the molecule is Cc1nc([C@@H]2CCCN(C(=O)Nc3c(-c4ccccc4)cnn3C)C2)n[nH]1. The molecule has 8 nitrogen and oxygen atoms in total. The van der Waals surface area contributed by atoms with Gasteiger partial charge >= 0.3 is 6.03 Å². The summed E-state index contributed by atoms with van der Waals surface area (Å²) in [6.45, 7) is 3.23. The Labute approximate surface area is 157 Å². The first-order valence-electron chi connectivity index (χ1n) is 9.14. The Hall–Kier alpha value is -3.16. The standard InChI is InChI=1S/C19H23N7O/c1-13-21-17(24-23-13)15-9-6-10-26(12-15)19(27)22-18-16(11-20-25(18)2)14-7-4-3-5-8-14/h3-5,7-8,11,15H,6,9-10,12H2,1-2H3,(H,22,27)(H,21,23,24)/t15-/m1/s1. The zero-order chi connectivity index (χ0) is 18.8. The summed E-state index contributed by atoms with van der Waals surface area (Å²) in [5.74, 6) is 2.45. The molecule has 1 aliphatic heterocycles. The molecule has 4 rings (SSSR count). The lowest BCUT2D eigenvalue weighted by atomic mass is 9.97. The maximum atomic E-state index is 12.9. The molecule has 3 heterocycles.